The van der Waals surface area contributed by atoms with Gasteiger partial charge >= 0.3 is 5.97 Å². The molecular weight excluding hydrogens is 204 g/mol. The van der Waals surface area contributed by atoms with Gasteiger partial charge in [0.1, 0.15) is 0 Å². The second-order valence-corrected chi connectivity index (χ2v) is 3.44. The molecule has 0 aliphatic heterocycles. The van der Waals surface area contributed by atoms with Crippen molar-refractivity contribution in [2.75, 3.05) is 7.11 Å². The fourth-order valence-corrected chi connectivity index (χ4v) is 1.63. The molecule has 0 saturated carbocycles. The normalized spacial score (nSPS) is 10.0. The van der Waals surface area contributed by atoms with Crippen molar-refractivity contribution < 1.29 is 9.53 Å². The number of nitrogens with one attached hydrogen (secondary N) is 1. The van der Waals surface area contributed by atoms with E-state index in [-0.39, 0.29) is 12.4 Å². The molecule has 1 aromatic heterocycles. The van der Waals surface area contributed by atoms with Gasteiger partial charge in [0.15, 0.2) is 0 Å². The van der Waals surface area contributed by atoms with E-state index in [9.17, 15) is 4.79 Å². The van der Waals surface area contributed by atoms with Crippen LogP contribution in [0.15, 0.2) is 24.4 Å². The van der Waals surface area contributed by atoms with Crippen LogP contribution in [0.3, 0.4) is 0 Å². The number of hydrogen-bond donors (Lipinski definition) is 1. The first kappa shape index (κ1) is 10.2. The lowest BCUT2D eigenvalue weighted by Gasteiger charge is -1.97. The van der Waals surface area contributed by atoms with E-state index < -0.39 is 0 Å². The number of hydrogen-bond acceptors (Lipinski definition) is 3. The summed E-state index contributed by atoms with van der Waals surface area (Å²) in [5.74, 6) is -0.273. The van der Waals surface area contributed by atoms with Crippen LogP contribution >= 0.6 is 0 Å². The molecule has 0 aliphatic rings. The van der Waals surface area contributed by atoms with Crippen molar-refractivity contribution in [1.82, 2.24) is 4.98 Å². The number of methoxy groups -OCH3 is 1. The summed E-state index contributed by atoms with van der Waals surface area (Å²) in [6, 6.07) is 7.40. The number of carbonyl (C=O) groups excluding carboxylic acids is 1. The Balaban J connectivity index is 2.42. The van der Waals surface area contributed by atoms with Crippen molar-refractivity contribution in [2.24, 2.45) is 0 Å². The van der Waals surface area contributed by atoms with Gasteiger partial charge in [-0.1, -0.05) is 6.07 Å². The van der Waals surface area contributed by atoms with Gasteiger partial charge in [-0.2, -0.15) is 5.26 Å². The number of fused-ring (bicyclic) bond motifs is 1. The monoisotopic (exact) mass is 214 g/mol. The fraction of sp³-hybridized carbons (Fsp3) is 0.167. The minimum atomic E-state index is -0.273. The van der Waals surface area contributed by atoms with E-state index >= 15 is 0 Å². The second kappa shape index (κ2) is 4.07. The maximum absolute atomic E-state index is 11.2. The molecule has 0 saturated heterocycles. The molecule has 0 amide bonds. The predicted octanol–water partition coefficient (Wildman–Crippen LogP) is 1.76. The predicted molar refractivity (Wildman–Crippen MR) is 58.7 cm³/mol. The molecule has 0 aliphatic carbocycles. The van der Waals surface area contributed by atoms with Crippen LogP contribution in [0.4, 0.5) is 0 Å². The van der Waals surface area contributed by atoms with E-state index in [0.29, 0.717) is 5.56 Å². The molecule has 4 nitrogen and oxygen atoms in total. The third-order valence-electron chi connectivity index (χ3n) is 2.46. The average Bonchev–Trinajstić information content (AvgIpc) is 2.71. The first-order chi connectivity index (χ1) is 7.74. The smallest absolute Gasteiger partial charge is 0.310 e. The van der Waals surface area contributed by atoms with Crippen molar-refractivity contribution in [2.45, 2.75) is 6.42 Å². The Morgan fingerprint density at radius 2 is 2.38 bits per heavy atom. The van der Waals surface area contributed by atoms with E-state index in [1.54, 1.807) is 18.3 Å². The summed E-state index contributed by atoms with van der Waals surface area (Å²) in [7, 11) is 1.37. The van der Waals surface area contributed by atoms with Crippen LogP contribution in [-0.4, -0.2) is 18.1 Å². The van der Waals surface area contributed by atoms with Gasteiger partial charge < -0.3 is 9.72 Å². The van der Waals surface area contributed by atoms with Crippen LogP contribution in [0.5, 0.6) is 0 Å². The summed E-state index contributed by atoms with van der Waals surface area (Å²) in [5, 5.41) is 9.70. The molecule has 0 fully saturated rings. The third-order valence-corrected chi connectivity index (χ3v) is 2.46. The summed E-state index contributed by atoms with van der Waals surface area (Å²) in [6.07, 6.45) is 2.01. The van der Waals surface area contributed by atoms with Gasteiger partial charge in [0, 0.05) is 17.1 Å². The Kier molecular flexibility index (Phi) is 2.61. The van der Waals surface area contributed by atoms with Crippen molar-refractivity contribution >= 4 is 16.9 Å². The Morgan fingerprint density at radius 1 is 1.56 bits per heavy atom. The highest BCUT2D eigenvalue weighted by molar-refractivity contribution is 5.88. The number of ether oxygens (including phenoxy) is 1. The molecule has 0 unspecified atom stereocenters. The molecule has 1 heterocycles. The molecule has 2 aromatic rings. The zero-order chi connectivity index (χ0) is 11.5. The Bertz CT molecular complexity index is 578. The zero-order valence-electron chi connectivity index (χ0n) is 8.78. The second-order valence-electron chi connectivity index (χ2n) is 3.44. The zero-order valence-corrected chi connectivity index (χ0v) is 8.78. The lowest BCUT2D eigenvalue weighted by Crippen LogP contribution is -2.03. The SMILES string of the molecule is COC(=O)Cc1c[nH]c2cc(C#N)ccc12. The lowest BCUT2D eigenvalue weighted by molar-refractivity contribution is -0.139. The number of carbonyl (C=O) groups is 1. The summed E-state index contributed by atoms with van der Waals surface area (Å²) < 4.78 is 4.61. The van der Waals surface area contributed by atoms with Gasteiger partial charge in [-0.15, -0.1) is 0 Å². The van der Waals surface area contributed by atoms with E-state index in [4.69, 9.17) is 5.26 Å². The highest BCUT2D eigenvalue weighted by Gasteiger charge is 2.08. The van der Waals surface area contributed by atoms with E-state index in [0.717, 1.165) is 16.5 Å². The summed E-state index contributed by atoms with van der Waals surface area (Å²) in [4.78, 5) is 14.2. The van der Waals surface area contributed by atoms with Crippen molar-refractivity contribution in [3.8, 4) is 6.07 Å². The van der Waals surface area contributed by atoms with Crippen LogP contribution in [0, 0.1) is 11.3 Å². The molecule has 0 bridgehead atoms. The number of aromatic amines is 1. The van der Waals surface area contributed by atoms with Gasteiger partial charge in [0.05, 0.1) is 25.2 Å². The lowest BCUT2D eigenvalue weighted by atomic mass is 10.1. The minimum Gasteiger partial charge on any atom is -0.469 e. The van der Waals surface area contributed by atoms with E-state index in [1.807, 2.05) is 6.07 Å². The Morgan fingerprint density at radius 3 is 3.06 bits per heavy atom. The standard InChI is InChI=1S/C12H10N2O2/c1-16-12(15)5-9-7-14-11-4-8(6-13)2-3-10(9)11/h2-4,7,14H,5H2,1H3. The van der Waals surface area contributed by atoms with Gasteiger partial charge in [-0.05, 0) is 17.7 Å². The highest BCUT2D eigenvalue weighted by atomic mass is 16.5. The number of H-pyrrole nitrogens is 1. The molecular formula is C12H10N2O2. The first-order valence-corrected chi connectivity index (χ1v) is 4.81. The molecule has 16 heavy (non-hydrogen) atoms. The summed E-state index contributed by atoms with van der Waals surface area (Å²) in [5.41, 5.74) is 2.34. The van der Waals surface area contributed by atoms with Crippen LogP contribution in [0.1, 0.15) is 11.1 Å². The Hall–Kier alpha value is -2.28. The van der Waals surface area contributed by atoms with Crippen LogP contribution in [-0.2, 0) is 16.0 Å². The molecule has 1 aromatic carbocycles. The third kappa shape index (κ3) is 1.75. The number of aromatic nitrogens is 1. The Labute approximate surface area is 92.4 Å². The van der Waals surface area contributed by atoms with Crippen LogP contribution in [0.25, 0.3) is 10.9 Å². The maximum atomic E-state index is 11.2. The van der Waals surface area contributed by atoms with Crippen molar-refractivity contribution in [1.29, 1.82) is 5.26 Å². The molecule has 4 heteroatoms. The molecule has 0 radical (unpaired) electrons. The van der Waals surface area contributed by atoms with Gasteiger partial charge in [0.25, 0.3) is 0 Å². The fourth-order valence-electron chi connectivity index (χ4n) is 1.63. The molecule has 0 spiro atoms. The highest BCUT2D eigenvalue weighted by Crippen LogP contribution is 2.20. The quantitative estimate of drug-likeness (QED) is 0.774. The topological polar surface area (TPSA) is 65.9 Å². The number of benzene rings is 1. The van der Waals surface area contributed by atoms with E-state index in [1.165, 1.54) is 7.11 Å². The van der Waals surface area contributed by atoms with E-state index in [2.05, 4.69) is 15.8 Å². The largest absolute Gasteiger partial charge is 0.469 e. The number of nitriles is 1. The number of esters is 1. The number of rotatable bonds is 2. The summed E-state index contributed by atoms with van der Waals surface area (Å²) >= 11 is 0. The van der Waals surface area contributed by atoms with Crippen molar-refractivity contribution in [3.05, 3.63) is 35.5 Å². The molecule has 0 atom stereocenters. The van der Waals surface area contributed by atoms with Gasteiger partial charge in [-0.25, -0.2) is 0 Å². The van der Waals surface area contributed by atoms with Crippen molar-refractivity contribution in [3.63, 3.8) is 0 Å². The minimum absolute atomic E-state index is 0.238. The average molecular weight is 214 g/mol. The number of nitrogens with zero attached hydrogens (tertiary/aromatic N) is 1. The van der Waals surface area contributed by atoms with Gasteiger partial charge in [-0.3, -0.25) is 4.79 Å². The molecule has 2 rings (SSSR count). The first-order valence-electron chi connectivity index (χ1n) is 4.81. The molecule has 80 valence electrons. The maximum Gasteiger partial charge on any atom is 0.310 e. The summed E-state index contributed by atoms with van der Waals surface area (Å²) in [6.45, 7) is 0. The van der Waals surface area contributed by atoms with Crippen LogP contribution < -0.4 is 0 Å². The van der Waals surface area contributed by atoms with Crippen LogP contribution in [0.2, 0.25) is 0 Å². The van der Waals surface area contributed by atoms with Gasteiger partial charge in [0.2, 0.25) is 0 Å². The molecule has 1 N–H and O–H groups in total.